The summed E-state index contributed by atoms with van der Waals surface area (Å²) in [5.74, 6) is -0.887. The van der Waals surface area contributed by atoms with Gasteiger partial charge >= 0.3 is 5.97 Å². The summed E-state index contributed by atoms with van der Waals surface area (Å²) in [6.45, 7) is 5.90. The van der Waals surface area contributed by atoms with Crippen molar-refractivity contribution in [1.29, 1.82) is 0 Å². The van der Waals surface area contributed by atoms with E-state index in [-0.39, 0.29) is 11.5 Å². The van der Waals surface area contributed by atoms with E-state index in [1.54, 1.807) is 12.1 Å². The average molecular weight is 264 g/mol. The number of hydrogen-bond donors (Lipinski definition) is 2. The lowest BCUT2D eigenvalue weighted by molar-refractivity contribution is -0.129. The van der Waals surface area contributed by atoms with Gasteiger partial charge in [-0.05, 0) is 32.4 Å². The molecule has 0 radical (unpaired) electrons. The van der Waals surface area contributed by atoms with E-state index in [0.717, 1.165) is 12.0 Å². The molecule has 3 N–H and O–H groups in total. The number of hydrogen-bond acceptors (Lipinski definition) is 4. The standard InChI is InChI=1S/C14H20N2O3/c1-4-7-16-13(17)10(3)19-14(18)11-8-9(2)5-6-12(11)15/h5-6,8,10H,4,7,15H2,1-3H3,(H,16,17). The first kappa shape index (κ1) is 15.0. The van der Waals surface area contributed by atoms with E-state index in [1.165, 1.54) is 6.92 Å². The number of amides is 1. The van der Waals surface area contributed by atoms with Gasteiger partial charge in [-0.1, -0.05) is 18.6 Å². The first-order valence-corrected chi connectivity index (χ1v) is 6.30. The molecule has 5 heteroatoms. The van der Waals surface area contributed by atoms with Crippen LogP contribution in [0.4, 0.5) is 5.69 Å². The van der Waals surface area contributed by atoms with Gasteiger partial charge in [0.05, 0.1) is 5.56 Å². The average Bonchev–Trinajstić information content (AvgIpc) is 2.38. The van der Waals surface area contributed by atoms with E-state index in [0.29, 0.717) is 12.2 Å². The number of esters is 1. The summed E-state index contributed by atoms with van der Waals surface area (Å²) in [6.07, 6.45) is -0.00370. The molecule has 1 unspecified atom stereocenters. The molecule has 1 rings (SSSR count). The Morgan fingerprint density at radius 1 is 1.42 bits per heavy atom. The van der Waals surface area contributed by atoms with Gasteiger partial charge in [0.2, 0.25) is 0 Å². The van der Waals surface area contributed by atoms with Gasteiger partial charge < -0.3 is 15.8 Å². The van der Waals surface area contributed by atoms with Crippen molar-refractivity contribution >= 4 is 17.6 Å². The molecule has 19 heavy (non-hydrogen) atoms. The molecule has 0 saturated heterocycles. The Labute approximate surface area is 113 Å². The highest BCUT2D eigenvalue weighted by atomic mass is 16.5. The molecule has 1 atom stereocenters. The highest BCUT2D eigenvalue weighted by molar-refractivity contribution is 5.96. The van der Waals surface area contributed by atoms with Crippen molar-refractivity contribution in [3.8, 4) is 0 Å². The van der Waals surface area contributed by atoms with Gasteiger partial charge in [-0.2, -0.15) is 0 Å². The smallest absolute Gasteiger partial charge is 0.341 e. The number of rotatable bonds is 5. The van der Waals surface area contributed by atoms with E-state index in [4.69, 9.17) is 10.5 Å². The molecule has 0 aliphatic rings. The van der Waals surface area contributed by atoms with Crippen LogP contribution in [-0.4, -0.2) is 24.5 Å². The minimum absolute atomic E-state index is 0.287. The van der Waals surface area contributed by atoms with Gasteiger partial charge in [-0.3, -0.25) is 4.79 Å². The van der Waals surface area contributed by atoms with E-state index >= 15 is 0 Å². The van der Waals surface area contributed by atoms with Gasteiger partial charge in [0.15, 0.2) is 6.10 Å². The van der Waals surface area contributed by atoms with Crippen LogP contribution in [0.25, 0.3) is 0 Å². The Balaban J connectivity index is 2.68. The summed E-state index contributed by atoms with van der Waals surface area (Å²) >= 11 is 0. The van der Waals surface area contributed by atoms with E-state index in [1.807, 2.05) is 19.9 Å². The lowest BCUT2D eigenvalue weighted by Crippen LogP contribution is -2.36. The molecule has 1 amide bonds. The Bertz CT molecular complexity index is 472. The van der Waals surface area contributed by atoms with Gasteiger partial charge in [0, 0.05) is 12.2 Å². The Kier molecular flexibility index (Phi) is 5.36. The number of nitrogens with one attached hydrogen (secondary N) is 1. The predicted octanol–water partition coefficient (Wildman–Crippen LogP) is 1.65. The maximum absolute atomic E-state index is 11.9. The molecule has 1 aromatic carbocycles. The monoisotopic (exact) mass is 264 g/mol. The summed E-state index contributed by atoms with van der Waals surface area (Å²) in [4.78, 5) is 23.5. The topological polar surface area (TPSA) is 81.4 Å². The van der Waals surface area contributed by atoms with Gasteiger partial charge in [0.1, 0.15) is 0 Å². The maximum Gasteiger partial charge on any atom is 0.341 e. The minimum Gasteiger partial charge on any atom is -0.449 e. The zero-order chi connectivity index (χ0) is 14.4. The molecule has 1 aromatic rings. The van der Waals surface area contributed by atoms with Crippen molar-refractivity contribution in [1.82, 2.24) is 5.32 Å². The largest absolute Gasteiger partial charge is 0.449 e. The van der Waals surface area contributed by atoms with Crippen LogP contribution in [0.5, 0.6) is 0 Å². The highest BCUT2D eigenvalue weighted by Gasteiger charge is 2.19. The fraction of sp³-hybridized carbons (Fsp3) is 0.429. The molecule has 0 spiro atoms. The lowest BCUT2D eigenvalue weighted by Gasteiger charge is -2.14. The molecular formula is C14H20N2O3. The van der Waals surface area contributed by atoms with Crippen LogP contribution < -0.4 is 11.1 Å². The molecule has 104 valence electrons. The number of carbonyl (C=O) groups is 2. The van der Waals surface area contributed by atoms with E-state index in [9.17, 15) is 9.59 Å². The van der Waals surface area contributed by atoms with Crippen molar-refractivity contribution in [2.24, 2.45) is 0 Å². The van der Waals surface area contributed by atoms with Crippen LogP contribution in [0.1, 0.15) is 36.2 Å². The number of ether oxygens (including phenoxy) is 1. The SMILES string of the molecule is CCCNC(=O)C(C)OC(=O)c1cc(C)ccc1N. The normalized spacial score (nSPS) is 11.7. The Morgan fingerprint density at radius 2 is 2.11 bits per heavy atom. The molecule has 0 saturated carbocycles. The zero-order valence-electron chi connectivity index (χ0n) is 11.5. The quantitative estimate of drug-likeness (QED) is 0.626. The molecule has 0 heterocycles. The second kappa shape index (κ2) is 6.78. The first-order valence-electron chi connectivity index (χ1n) is 6.30. The number of nitrogens with two attached hydrogens (primary N) is 1. The third-order valence-electron chi connectivity index (χ3n) is 2.63. The zero-order valence-corrected chi connectivity index (χ0v) is 11.5. The van der Waals surface area contributed by atoms with Crippen LogP contribution in [0.2, 0.25) is 0 Å². The van der Waals surface area contributed by atoms with Crippen molar-refractivity contribution in [3.63, 3.8) is 0 Å². The van der Waals surface area contributed by atoms with Gasteiger partial charge in [-0.15, -0.1) is 0 Å². The van der Waals surface area contributed by atoms with Gasteiger partial charge in [0.25, 0.3) is 5.91 Å². The summed E-state index contributed by atoms with van der Waals surface area (Å²) in [7, 11) is 0. The maximum atomic E-state index is 11.9. The van der Waals surface area contributed by atoms with Crippen LogP contribution in [0.3, 0.4) is 0 Å². The molecule has 0 bridgehead atoms. The van der Waals surface area contributed by atoms with Gasteiger partial charge in [-0.25, -0.2) is 4.79 Å². The summed E-state index contributed by atoms with van der Waals surface area (Å²) in [6, 6.07) is 5.10. The Morgan fingerprint density at radius 3 is 2.74 bits per heavy atom. The number of nitrogen functional groups attached to an aromatic ring is 1. The molecule has 0 fully saturated rings. The van der Waals surface area contributed by atoms with Crippen LogP contribution in [0.15, 0.2) is 18.2 Å². The van der Waals surface area contributed by atoms with E-state index in [2.05, 4.69) is 5.32 Å². The second-order valence-corrected chi connectivity index (χ2v) is 4.43. The molecule has 0 aliphatic carbocycles. The van der Waals surface area contributed by atoms with Crippen LogP contribution in [-0.2, 0) is 9.53 Å². The summed E-state index contributed by atoms with van der Waals surface area (Å²) < 4.78 is 5.10. The second-order valence-electron chi connectivity index (χ2n) is 4.43. The highest BCUT2D eigenvalue weighted by Crippen LogP contribution is 2.15. The molecule has 5 nitrogen and oxygen atoms in total. The molecule has 0 aromatic heterocycles. The third kappa shape index (κ3) is 4.28. The number of carbonyl (C=O) groups excluding carboxylic acids is 2. The fourth-order valence-electron chi connectivity index (χ4n) is 1.52. The summed E-state index contributed by atoms with van der Waals surface area (Å²) in [5.41, 5.74) is 7.26. The predicted molar refractivity (Wildman–Crippen MR) is 73.8 cm³/mol. The van der Waals surface area contributed by atoms with Crippen molar-refractivity contribution in [2.75, 3.05) is 12.3 Å². The van der Waals surface area contributed by atoms with Crippen molar-refractivity contribution in [3.05, 3.63) is 29.3 Å². The molecular weight excluding hydrogens is 244 g/mol. The van der Waals surface area contributed by atoms with E-state index < -0.39 is 12.1 Å². The van der Waals surface area contributed by atoms with Crippen LogP contribution in [0, 0.1) is 6.92 Å². The lowest BCUT2D eigenvalue weighted by atomic mass is 10.1. The fourth-order valence-corrected chi connectivity index (χ4v) is 1.52. The number of anilines is 1. The van der Waals surface area contributed by atoms with Crippen molar-refractivity contribution in [2.45, 2.75) is 33.3 Å². The van der Waals surface area contributed by atoms with Crippen molar-refractivity contribution < 1.29 is 14.3 Å². The third-order valence-corrected chi connectivity index (χ3v) is 2.63. The van der Waals surface area contributed by atoms with Crippen LogP contribution >= 0.6 is 0 Å². The number of benzene rings is 1. The summed E-state index contributed by atoms with van der Waals surface area (Å²) in [5, 5.41) is 2.67. The Hall–Kier alpha value is -2.04. The minimum atomic E-state index is -0.834. The number of aryl methyl sites for hydroxylation is 1. The molecule has 0 aliphatic heterocycles. The first-order chi connectivity index (χ1) is 8.95.